The number of nitrogens with one attached hydrogen (secondary N) is 2. The third kappa shape index (κ3) is 4.34. The molecule has 22 heavy (non-hydrogen) atoms. The molecule has 0 aliphatic heterocycles. The summed E-state index contributed by atoms with van der Waals surface area (Å²) in [5, 5.41) is 11.3. The average Bonchev–Trinajstić information content (AvgIpc) is 2.49. The zero-order valence-corrected chi connectivity index (χ0v) is 12.7. The van der Waals surface area contributed by atoms with Gasteiger partial charge in [0.05, 0.1) is 27.1 Å². The van der Waals surface area contributed by atoms with Crippen molar-refractivity contribution < 1.29 is 9.72 Å². The first-order valence-electron chi connectivity index (χ1n) is 6.19. The fourth-order valence-electron chi connectivity index (χ4n) is 1.68. The number of rotatable bonds is 5. The van der Waals surface area contributed by atoms with Crippen LogP contribution in [0.5, 0.6) is 0 Å². The Balaban J connectivity index is 1.89. The van der Waals surface area contributed by atoms with Crippen molar-refractivity contribution in [1.82, 2.24) is 5.43 Å². The summed E-state index contributed by atoms with van der Waals surface area (Å²) >= 11 is 11.7. The number of hydrazine groups is 1. The van der Waals surface area contributed by atoms with E-state index in [0.29, 0.717) is 21.3 Å². The summed E-state index contributed by atoms with van der Waals surface area (Å²) in [4.78, 5) is 21.8. The second-order valence-electron chi connectivity index (χ2n) is 4.40. The monoisotopic (exact) mass is 339 g/mol. The minimum atomic E-state index is -0.490. The van der Waals surface area contributed by atoms with E-state index in [0.717, 1.165) is 0 Å². The lowest BCUT2D eigenvalue weighted by molar-refractivity contribution is -0.384. The Morgan fingerprint density at radius 2 is 1.77 bits per heavy atom. The van der Waals surface area contributed by atoms with Crippen molar-refractivity contribution in [3.8, 4) is 0 Å². The smallest absolute Gasteiger partial charge is 0.269 e. The van der Waals surface area contributed by atoms with Gasteiger partial charge in [-0.15, -0.1) is 0 Å². The molecule has 0 saturated carbocycles. The summed E-state index contributed by atoms with van der Waals surface area (Å²) in [7, 11) is 0. The fraction of sp³-hybridized carbons (Fsp3) is 0.0714. The van der Waals surface area contributed by atoms with Gasteiger partial charge in [0, 0.05) is 12.1 Å². The predicted octanol–water partition coefficient (Wildman–Crippen LogP) is 3.59. The SMILES string of the molecule is O=C(Cc1ccc([N+](=O)[O-])cc1)NNc1ccc(Cl)c(Cl)c1. The molecule has 0 radical (unpaired) electrons. The quantitative estimate of drug-likeness (QED) is 0.644. The number of halogens is 2. The Morgan fingerprint density at radius 1 is 1.09 bits per heavy atom. The first-order valence-corrected chi connectivity index (χ1v) is 6.94. The molecule has 0 spiro atoms. The van der Waals surface area contributed by atoms with E-state index >= 15 is 0 Å². The van der Waals surface area contributed by atoms with E-state index in [9.17, 15) is 14.9 Å². The highest BCUT2D eigenvalue weighted by Crippen LogP contribution is 2.24. The lowest BCUT2D eigenvalue weighted by atomic mass is 10.1. The molecule has 8 heteroatoms. The Kier molecular flexibility index (Phi) is 5.19. The number of non-ortho nitro benzene ring substituents is 1. The van der Waals surface area contributed by atoms with Crippen molar-refractivity contribution in [2.45, 2.75) is 6.42 Å². The number of benzene rings is 2. The van der Waals surface area contributed by atoms with Crippen LogP contribution in [0.2, 0.25) is 10.0 Å². The van der Waals surface area contributed by atoms with E-state index in [4.69, 9.17) is 23.2 Å². The van der Waals surface area contributed by atoms with Crippen LogP contribution >= 0.6 is 23.2 Å². The number of nitrogens with zero attached hydrogens (tertiary/aromatic N) is 1. The molecule has 0 atom stereocenters. The second kappa shape index (κ2) is 7.11. The van der Waals surface area contributed by atoms with Crippen LogP contribution in [0.25, 0.3) is 0 Å². The standard InChI is InChI=1S/C14H11Cl2N3O3/c15-12-6-3-10(8-13(12)16)17-18-14(20)7-9-1-4-11(5-2-9)19(21)22/h1-6,8,17H,7H2,(H,18,20). The zero-order chi connectivity index (χ0) is 16.1. The van der Waals surface area contributed by atoms with Gasteiger partial charge in [-0.2, -0.15) is 0 Å². The zero-order valence-electron chi connectivity index (χ0n) is 11.2. The van der Waals surface area contributed by atoms with Gasteiger partial charge in [0.2, 0.25) is 5.91 Å². The number of carbonyl (C=O) groups excluding carboxylic acids is 1. The summed E-state index contributed by atoms with van der Waals surface area (Å²) in [6, 6.07) is 10.6. The van der Waals surface area contributed by atoms with Gasteiger partial charge >= 0.3 is 0 Å². The highest BCUT2D eigenvalue weighted by Gasteiger charge is 2.07. The molecule has 0 bridgehead atoms. The van der Waals surface area contributed by atoms with Crippen LogP contribution in [0.4, 0.5) is 11.4 Å². The Hall–Kier alpha value is -2.31. The second-order valence-corrected chi connectivity index (χ2v) is 5.22. The fourth-order valence-corrected chi connectivity index (χ4v) is 1.98. The molecule has 0 fully saturated rings. The van der Waals surface area contributed by atoms with Crippen LogP contribution in [-0.4, -0.2) is 10.8 Å². The number of hydrogen-bond donors (Lipinski definition) is 2. The van der Waals surface area contributed by atoms with E-state index in [1.54, 1.807) is 18.2 Å². The van der Waals surface area contributed by atoms with Crippen molar-refractivity contribution >= 4 is 40.5 Å². The third-order valence-corrected chi connectivity index (χ3v) is 3.52. The number of carbonyl (C=O) groups is 1. The van der Waals surface area contributed by atoms with Crippen molar-refractivity contribution in [3.63, 3.8) is 0 Å². The van der Waals surface area contributed by atoms with E-state index in [-0.39, 0.29) is 18.0 Å². The maximum absolute atomic E-state index is 11.8. The molecule has 0 saturated heterocycles. The molecule has 0 unspecified atom stereocenters. The van der Waals surface area contributed by atoms with Crippen LogP contribution in [0, 0.1) is 10.1 Å². The molecule has 0 aliphatic carbocycles. The molecule has 2 N–H and O–H groups in total. The minimum Gasteiger partial charge on any atom is -0.299 e. The Bertz CT molecular complexity index is 705. The van der Waals surface area contributed by atoms with Gasteiger partial charge in [-0.3, -0.25) is 25.8 Å². The van der Waals surface area contributed by atoms with Crippen LogP contribution in [0.15, 0.2) is 42.5 Å². The molecular formula is C14H11Cl2N3O3. The number of nitro groups is 1. The van der Waals surface area contributed by atoms with Gasteiger partial charge < -0.3 is 0 Å². The summed E-state index contributed by atoms with van der Waals surface area (Å²) < 4.78 is 0. The molecule has 0 heterocycles. The van der Waals surface area contributed by atoms with Crippen LogP contribution in [-0.2, 0) is 11.2 Å². The van der Waals surface area contributed by atoms with E-state index in [1.165, 1.54) is 24.3 Å². The van der Waals surface area contributed by atoms with Crippen molar-refractivity contribution in [2.75, 3.05) is 5.43 Å². The first-order chi connectivity index (χ1) is 10.5. The van der Waals surface area contributed by atoms with Gasteiger partial charge in [0.1, 0.15) is 0 Å². The number of hydrogen-bond acceptors (Lipinski definition) is 4. The van der Waals surface area contributed by atoms with Gasteiger partial charge in [0.25, 0.3) is 5.69 Å². The molecule has 114 valence electrons. The summed E-state index contributed by atoms with van der Waals surface area (Å²) in [5.74, 6) is -0.292. The molecule has 2 aromatic rings. The molecule has 0 aromatic heterocycles. The van der Waals surface area contributed by atoms with Gasteiger partial charge in [-0.05, 0) is 23.8 Å². The van der Waals surface area contributed by atoms with Crippen molar-refractivity contribution in [3.05, 3.63) is 68.2 Å². The molecular weight excluding hydrogens is 329 g/mol. The molecule has 2 aromatic carbocycles. The third-order valence-electron chi connectivity index (χ3n) is 2.78. The first kappa shape index (κ1) is 16.1. The minimum absolute atomic E-state index is 0.0157. The Labute approximate surface area is 136 Å². The number of anilines is 1. The normalized spacial score (nSPS) is 10.1. The van der Waals surface area contributed by atoms with E-state index in [2.05, 4.69) is 10.9 Å². The van der Waals surface area contributed by atoms with Crippen LogP contribution in [0.1, 0.15) is 5.56 Å². The lowest BCUT2D eigenvalue weighted by Crippen LogP contribution is -2.30. The number of nitro benzene ring substituents is 1. The molecule has 6 nitrogen and oxygen atoms in total. The average molecular weight is 340 g/mol. The van der Waals surface area contributed by atoms with Gasteiger partial charge in [-0.1, -0.05) is 35.3 Å². The van der Waals surface area contributed by atoms with Crippen molar-refractivity contribution in [2.24, 2.45) is 0 Å². The van der Waals surface area contributed by atoms with Gasteiger partial charge in [0.15, 0.2) is 0 Å². The maximum Gasteiger partial charge on any atom is 0.269 e. The predicted molar refractivity (Wildman–Crippen MR) is 85.0 cm³/mol. The summed E-state index contributed by atoms with van der Waals surface area (Å²) in [5.41, 5.74) is 6.46. The largest absolute Gasteiger partial charge is 0.299 e. The highest BCUT2D eigenvalue weighted by molar-refractivity contribution is 6.42. The van der Waals surface area contributed by atoms with E-state index in [1.807, 2.05) is 0 Å². The summed E-state index contributed by atoms with van der Waals surface area (Å²) in [6.45, 7) is 0. The lowest BCUT2D eigenvalue weighted by Gasteiger charge is -2.09. The van der Waals surface area contributed by atoms with E-state index < -0.39 is 4.92 Å². The molecule has 1 amide bonds. The van der Waals surface area contributed by atoms with Gasteiger partial charge in [-0.25, -0.2) is 0 Å². The highest BCUT2D eigenvalue weighted by atomic mass is 35.5. The Morgan fingerprint density at radius 3 is 2.36 bits per heavy atom. The summed E-state index contributed by atoms with van der Waals surface area (Å²) in [6.07, 6.45) is 0.0896. The molecule has 2 rings (SSSR count). The molecule has 0 aliphatic rings. The van der Waals surface area contributed by atoms with Crippen LogP contribution < -0.4 is 10.9 Å². The van der Waals surface area contributed by atoms with Crippen molar-refractivity contribution in [1.29, 1.82) is 0 Å². The van der Waals surface area contributed by atoms with Crippen LogP contribution in [0.3, 0.4) is 0 Å². The number of amides is 1. The maximum atomic E-state index is 11.8. The topological polar surface area (TPSA) is 84.3 Å².